The van der Waals surface area contributed by atoms with Gasteiger partial charge in [0.05, 0.1) is 17.6 Å². The molecule has 0 fully saturated rings. The van der Waals surface area contributed by atoms with Gasteiger partial charge in [-0.15, -0.1) is 6.42 Å². The number of pyridine rings is 1. The van der Waals surface area contributed by atoms with E-state index in [9.17, 15) is 0 Å². The Kier molecular flexibility index (Phi) is 3.32. The monoisotopic (exact) mass is 314 g/mol. The number of nitrogens with zero attached hydrogens (tertiary/aromatic N) is 5. The summed E-state index contributed by atoms with van der Waals surface area (Å²) in [6.07, 6.45) is 6.98. The maximum absolute atomic E-state index is 5.34. The van der Waals surface area contributed by atoms with Crippen LogP contribution in [0, 0.1) is 19.3 Å². The van der Waals surface area contributed by atoms with Crippen LogP contribution >= 0.6 is 0 Å². The van der Waals surface area contributed by atoms with Gasteiger partial charge < -0.3 is 4.57 Å². The molecular weight excluding hydrogens is 300 g/mol. The van der Waals surface area contributed by atoms with Gasteiger partial charge in [0.15, 0.2) is 5.82 Å². The molecule has 0 atom stereocenters. The number of H-pyrrole nitrogens is 1. The van der Waals surface area contributed by atoms with Crippen molar-refractivity contribution in [1.29, 1.82) is 0 Å². The molecule has 0 amide bonds. The zero-order valence-corrected chi connectivity index (χ0v) is 13.1. The van der Waals surface area contributed by atoms with Gasteiger partial charge in [0.1, 0.15) is 17.3 Å². The Morgan fingerprint density at radius 3 is 2.83 bits per heavy atom. The molecule has 4 rings (SSSR count). The third kappa shape index (κ3) is 2.42. The standard InChI is InChI=1S/C18H14N6/c1-3-13-8-9-15(19-10-13)18-21-17(22-23-18)11-24-12(2)20-14-6-4-5-7-16(14)24/h1,4-10H,11H2,2H3,(H,21,22,23). The van der Waals surface area contributed by atoms with Crippen molar-refractivity contribution in [3.8, 4) is 23.9 Å². The van der Waals surface area contributed by atoms with Gasteiger partial charge in [0.2, 0.25) is 0 Å². The van der Waals surface area contributed by atoms with Gasteiger partial charge in [-0.3, -0.25) is 10.1 Å². The maximum atomic E-state index is 5.34. The quantitative estimate of drug-likeness (QED) is 0.590. The molecule has 3 heterocycles. The first kappa shape index (κ1) is 14.2. The molecule has 1 N–H and O–H groups in total. The molecule has 0 bridgehead atoms. The number of nitrogens with one attached hydrogen (secondary N) is 1. The van der Waals surface area contributed by atoms with Gasteiger partial charge in [-0.05, 0) is 31.2 Å². The molecule has 0 aliphatic carbocycles. The number of terminal acetylenes is 1. The predicted octanol–water partition coefficient (Wildman–Crippen LogP) is 2.55. The first-order valence-corrected chi connectivity index (χ1v) is 7.51. The number of imidazole rings is 1. The summed E-state index contributed by atoms with van der Waals surface area (Å²) in [6.45, 7) is 2.55. The fraction of sp³-hybridized carbons (Fsp3) is 0.111. The summed E-state index contributed by atoms with van der Waals surface area (Å²) < 4.78 is 2.11. The first-order valence-electron chi connectivity index (χ1n) is 7.51. The molecule has 24 heavy (non-hydrogen) atoms. The van der Waals surface area contributed by atoms with Crippen LogP contribution in [0.2, 0.25) is 0 Å². The van der Waals surface area contributed by atoms with Gasteiger partial charge in [0, 0.05) is 11.8 Å². The largest absolute Gasteiger partial charge is 0.320 e. The zero-order chi connectivity index (χ0) is 16.5. The van der Waals surface area contributed by atoms with Crippen molar-refractivity contribution in [1.82, 2.24) is 29.7 Å². The molecule has 0 saturated carbocycles. The van der Waals surface area contributed by atoms with E-state index >= 15 is 0 Å². The number of benzene rings is 1. The fourth-order valence-corrected chi connectivity index (χ4v) is 2.64. The van der Waals surface area contributed by atoms with Crippen molar-refractivity contribution in [2.45, 2.75) is 13.5 Å². The molecule has 6 heteroatoms. The predicted molar refractivity (Wildman–Crippen MR) is 91.1 cm³/mol. The number of para-hydroxylation sites is 2. The first-order chi connectivity index (χ1) is 11.7. The van der Waals surface area contributed by atoms with Crippen molar-refractivity contribution >= 4 is 11.0 Å². The Balaban J connectivity index is 1.65. The van der Waals surface area contributed by atoms with Crippen molar-refractivity contribution in [3.63, 3.8) is 0 Å². The Bertz CT molecular complexity index is 1050. The molecule has 1 aromatic carbocycles. The van der Waals surface area contributed by atoms with E-state index in [-0.39, 0.29) is 0 Å². The summed E-state index contributed by atoms with van der Waals surface area (Å²) in [6, 6.07) is 11.7. The summed E-state index contributed by atoms with van der Waals surface area (Å²) >= 11 is 0. The van der Waals surface area contributed by atoms with Crippen molar-refractivity contribution in [3.05, 3.63) is 59.8 Å². The van der Waals surface area contributed by atoms with E-state index in [0.29, 0.717) is 18.1 Å². The van der Waals surface area contributed by atoms with Crippen LogP contribution in [0.3, 0.4) is 0 Å². The van der Waals surface area contributed by atoms with Crippen LogP contribution in [-0.4, -0.2) is 29.7 Å². The molecule has 0 saturated heterocycles. The minimum atomic E-state index is 0.552. The minimum Gasteiger partial charge on any atom is -0.320 e. The average Bonchev–Trinajstić information content (AvgIpc) is 3.21. The van der Waals surface area contributed by atoms with Crippen LogP contribution in [0.4, 0.5) is 0 Å². The number of hydrogen-bond acceptors (Lipinski definition) is 4. The highest BCUT2D eigenvalue weighted by atomic mass is 15.2. The lowest BCUT2D eigenvalue weighted by molar-refractivity contribution is 0.741. The molecule has 0 radical (unpaired) electrons. The molecule has 116 valence electrons. The van der Waals surface area contributed by atoms with E-state index < -0.39 is 0 Å². The average molecular weight is 314 g/mol. The lowest BCUT2D eigenvalue weighted by Crippen LogP contribution is -2.03. The van der Waals surface area contributed by atoms with Crippen molar-refractivity contribution in [2.75, 3.05) is 0 Å². The number of fused-ring (bicyclic) bond motifs is 1. The van der Waals surface area contributed by atoms with Crippen LogP contribution in [0.1, 0.15) is 17.2 Å². The summed E-state index contributed by atoms with van der Waals surface area (Å²) in [4.78, 5) is 13.4. The van der Waals surface area contributed by atoms with Crippen LogP contribution in [0.5, 0.6) is 0 Å². The van der Waals surface area contributed by atoms with Crippen LogP contribution in [-0.2, 0) is 6.54 Å². The van der Waals surface area contributed by atoms with Gasteiger partial charge in [0.25, 0.3) is 0 Å². The molecule has 4 aromatic rings. The van der Waals surface area contributed by atoms with Gasteiger partial charge >= 0.3 is 0 Å². The molecular formula is C18H14N6. The van der Waals surface area contributed by atoms with Crippen LogP contribution in [0.25, 0.3) is 22.6 Å². The smallest absolute Gasteiger partial charge is 0.199 e. The highest BCUT2D eigenvalue weighted by Crippen LogP contribution is 2.17. The summed E-state index contributed by atoms with van der Waals surface area (Å²) in [5, 5.41) is 7.22. The number of aryl methyl sites for hydroxylation is 1. The van der Waals surface area contributed by atoms with Crippen molar-refractivity contribution < 1.29 is 0 Å². The third-order valence-electron chi connectivity index (χ3n) is 3.84. The van der Waals surface area contributed by atoms with Crippen molar-refractivity contribution in [2.24, 2.45) is 0 Å². The number of hydrogen-bond donors (Lipinski definition) is 1. The topological polar surface area (TPSA) is 72.3 Å². The minimum absolute atomic E-state index is 0.552. The van der Waals surface area contributed by atoms with E-state index in [1.54, 1.807) is 6.20 Å². The Morgan fingerprint density at radius 1 is 1.17 bits per heavy atom. The van der Waals surface area contributed by atoms with Crippen LogP contribution in [0.15, 0.2) is 42.6 Å². The Labute approximate surface area is 138 Å². The van der Waals surface area contributed by atoms with E-state index in [4.69, 9.17) is 6.42 Å². The lowest BCUT2D eigenvalue weighted by Gasteiger charge is -2.03. The lowest BCUT2D eigenvalue weighted by atomic mass is 10.2. The van der Waals surface area contributed by atoms with Gasteiger partial charge in [-0.1, -0.05) is 18.1 Å². The normalized spacial score (nSPS) is 10.8. The zero-order valence-electron chi connectivity index (χ0n) is 13.1. The van der Waals surface area contributed by atoms with E-state index in [2.05, 4.69) is 35.6 Å². The second-order valence-corrected chi connectivity index (χ2v) is 5.42. The SMILES string of the molecule is C#Cc1ccc(-c2n[nH]c(Cn3c(C)nc4ccccc43)n2)nc1. The van der Waals surface area contributed by atoms with E-state index in [1.807, 2.05) is 43.3 Å². The number of aromatic amines is 1. The molecule has 0 aliphatic heterocycles. The number of rotatable bonds is 3. The second-order valence-electron chi connectivity index (χ2n) is 5.42. The molecule has 0 spiro atoms. The highest BCUT2D eigenvalue weighted by Gasteiger charge is 2.11. The Morgan fingerprint density at radius 2 is 2.04 bits per heavy atom. The summed E-state index contributed by atoms with van der Waals surface area (Å²) in [5.74, 6) is 4.78. The Hall–Kier alpha value is -3.46. The van der Waals surface area contributed by atoms with Crippen LogP contribution < -0.4 is 0 Å². The van der Waals surface area contributed by atoms with E-state index in [0.717, 1.165) is 28.2 Å². The highest BCUT2D eigenvalue weighted by molar-refractivity contribution is 5.75. The number of aromatic nitrogens is 6. The molecule has 0 aliphatic rings. The molecule has 0 unspecified atom stereocenters. The molecule has 3 aromatic heterocycles. The van der Waals surface area contributed by atoms with Gasteiger partial charge in [-0.2, -0.15) is 5.10 Å². The van der Waals surface area contributed by atoms with E-state index in [1.165, 1.54) is 0 Å². The second kappa shape index (κ2) is 5.63. The fourth-order valence-electron chi connectivity index (χ4n) is 2.64. The summed E-state index contributed by atoms with van der Waals surface area (Å²) in [7, 11) is 0. The third-order valence-corrected chi connectivity index (χ3v) is 3.84. The van der Waals surface area contributed by atoms with Gasteiger partial charge in [-0.25, -0.2) is 9.97 Å². The summed E-state index contributed by atoms with van der Waals surface area (Å²) in [5.41, 5.74) is 3.46. The molecule has 6 nitrogen and oxygen atoms in total. The maximum Gasteiger partial charge on any atom is 0.199 e.